The predicted molar refractivity (Wildman–Crippen MR) is 155 cm³/mol. The molecule has 5 nitrogen and oxygen atoms in total. The van der Waals surface area contributed by atoms with Gasteiger partial charge >= 0.3 is 0 Å². The maximum absolute atomic E-state index is 13.3. The molecule has 0 saturated carbocycles. The summed E-state index contributed by atoms with van der Waals surface area (Å²) in [6, 6.07) is 24.3. The Morgan fingerprint density at radius 1 is 0.892 bits per heavy atom. The van der Waals surface area contributed by atoms with Crippen LogP contribution in [0.2, 0.25) is 10.0 Å². The molecule has 1 amide bonds. The normalized spacial score (nSPS) is 15.0. The molecule has 7 heteroatoms. The minimum Gasteiger partial charge on any atom is -0.277 e. The second-order valence-electron chi connectivity index (χ2n) is 9.48. The zero-order valence-corrected chi connectivity index (χ0v) is 22.2. The second-order valence-corrected chi connectivity index (χ2v) is 10.4. The van der Waals surface area contributed by atoms with Crippen LogP contribution in [0.5, 0.6) is 0 Å². The lowest BCUT2D eigenvalue weighted by atomic mass is 9.91. The van der Waals surface area contributed by atoms with Crippen molar-refractivity contribution in [3.05, 3.63) is 118 Å². The SMILES string of the molecule is CC1(C)CN=C(NN=C(C=Cc2ccc(Cl)cc2)C=Cc2ccc(Cl)cc2)N(C(=O)c2ccccc2)C1. The first-order valence-electron chi connectivity index (χ1n) is 11.9. The Balaban J connectivity index is 1.61. The Bertz CT molecular complexity index is 1290. The largest absolute Gasteiger partial charge is 0.277 e. The van der Waals surface area contributed by atoms with Crippen molar-refractivity contribution in [1.82, 2.24) is 10.3 Å². The molecule has 1 aliphatic heterocycles. The van der Waals surface area contributed by atoms with Crippen LogP contribution in [0.15, 0.2) is 101 Å². The minimum absolute atomic E-state index is 0.121. The summed E-state index contributed by atoms with van der Waals surface area (Å²) < 4.78 is 0. The molecule has 3 aromatic carbocycles. The van der Waals surface area contributed by atoms with Gasteiger partial charge in [0, 0.05) is 34.1 Å². The summed E-state index contributed by atoms with van der Waals surface area (Å²) in [6.07, 6.45) is 7.67. The van der Waals surface area contributed by atoms with Crippen LogP contribution < -0.4 is 5.43 Å². The summed E-state index contributed by atoms with van der Waals surface area (Å²) in [7, 11) is 0. The molecular formula is C30H28Cl2N4O. The third-order valence-corrected chi connectivity index (χ3v) is 6.19. The van der Waals surface area contributed by atoms with E-state index in [0.717, 1.165) is 11.1 Å². The zero-order chi connectivity index (χ0) is 26.3. The quantitative estimate of drug-likeness (QED) is 0.270. The van der Waals surface area contributed by atoms with Crippen molar-refractivity contribution in [3.63, 3.8) is 0 Å². The number of nitrogens with zero attached hydrogens (tertiary/aromatic N) is 3. The summed E-state index contributed by atoms with van der Waals surface area (Å²) in [5.74, 6) is 0.301. The number of nitrogens with one attached hydrogen (secondary N) is 1. The first kappa shape index (κ1) is 26.4. The molecule has 4 rings (SSSR count). The van der Waals surface area contributed by atoms with Gasteiger partial charge in [0.25, 0.3) is 5.91 Å². The van der Waals surface area contributed by atoms with Crippen molar-refractivity contribution in [2.45, 2.75) is 13.8 Å². The van der Waals surface area contributed by atoms with E-state index >= 15 is 0 Å². The number of aliphatic imine (C=N–C) groups is 1. The van der Waals surface area contributed by atoms with Gasteiger partial charge in [-0.2, -0.15) is 5.10 Å². The number of halogens is 2. The van der Waals surface area contributed by atoms with Crippen molar-refractivity contribution in [1.29, 1.82) is 0 Å². The Morgan fingerprint density at radius 3 is 1.97 bits per heavy atom. The summed E-state index contributed by atoms with van der Waals surface area (Å²) in [5, 5.41) is 5.96. The number of allylic oxidation sites excluding steroid dienone is 2. The molecule has 1 aliphatic rings. The molecule has 1 N–H and O–H groups in total. The number of guanidine groups is 1. The van der Waals surface area contributed by atoms with E-state index in [1.54, 1.807) is 17.0 Å². The highest BCUT2D eigenvalue weighted by Gasteiger charge is 2.33. The van der Waals surface area contributed by atoms with Crippen molar-refractivity contribution >= 4 is 52.9 Å². The van der Waals surface area contributed by atoms with Crippen LogP contribution in [0.4, 0.5) is 0 Å². The molecular weight excluding hydrogens is 503 g/mol. The van der Waals surface area contributed by atoms with E-state index in [9.17, 15) is 4.79 Å². The minimum atomic E-state index is -0.148. The molecule has 188 valence electrons. The van der Waals surface area contributed by atoms with E-state index < -0.39 is 0 Å². The van der Waals surface area contributed by atoms with Gasteiger partial charge in [0.1, 0.15) is 0 Å². The Labute approximate surface area is 227 Å². The lowest BCUT2D eigenvalue weighted by molar-refractivity contribution is 0.0786. The summed E-state index contributed by atoms with van der Waals surface area (Å²) in [4.78, 5) is 19.6. The number of hydrogen-bond acceptors (Lipinski definition) is 4. The lowest BCUT2D eigenvalue weighted by Gasteiger charge is -2.36. The number of rotatable bonds is 6. The standard InChI is InChI=1S/C30H28Cl2N4O/c1-30(2)20-33-29(36(21-30)28(37)24-6-4-3-5-7-24)35-34-27(18-12-22-8-14-25(31)15-9-22)19-13-23-10-16-26(32)17-11-23/h3-19H,20-21H2,1-2H3,(H,33,35). The molecule has 0 aliphatic carbocycles. The average molecular weight is 531 g/mol. The topological polar surface area (TPSA) is 57.1 Å². The second kappa shape index (κ2) is 12.0. The fraction of sp³-hybridized carbons (Fsp3) is 0.167. The molecule has 0 atom stereocenters. The van der Waals surface area contributed by atoms with Crippen molar-refractivity contribution in [2.75, 3.05) is 13.1 Å². The maximum atomic E-state index is 13.3. The van der Waals surface area contributed by atoms with E-state index in [4.69, 9.17) is 23.2 Å². The number of benzene rings is 3. The number of carbonyl (C=O) groups excluding carboxylic acids is 1. The number of hydrazone groups is 1. The van der Waals surface area contributed by atoms with Gasteiger partial charge in [0.15, 0.2) is 0 Å². The van der Waals surface area contributed by atoms with E-state index in [1.807, 2.05) is 91.0 Å². The van der Waals surface area contributed by atoms with E-state index in [-0.39, 0.29) is 11.3 Å². The van der Waals surface area contributed by atoms with Crippen molar-refractivity contribution in [2.24, 2.45) is 15.5 Å². The van der Waals surface area contributed by atoms with E-state index in [1.165, 1.54) is 0 Å². The maximum Gasteiger partial charge on any atom is 0.260 e. The molecule has 0 saturated heterocycles. The third-order valence-electron chi connectivity index (χ3n) is 5.68. The summed E-state index contributed by atoms with van der Waals surface area (Å²) in [6.45, 7) is 5.30. The Kier molecular flexibility index (Phi) is 8.59. The molecule has 3 aromatic rings. The smallest absolute Gasteiger partial charge is 0.260 e. The van der Waals surface area contributed by atoms with Gasteiger partial charge in [0.05, 0.1) is 5.71 Å². The predicted octanol–water partition coefficient (Wildman–Crippen LogP) is 7.20. The first-order valence-corrected chi connectivity index (χ1v) is 12.7. The molecule has 0 spiro atoms. The van der Waals surface area contributed by atoms with Crippen LogP contribution in [-0.2, 0) is 0 Å². The van der Waals surface area contributed by atoms with Crippen molar-refractivity contribution in [3.8, 4) is 0 Å². The lowest BCUT2D eigenvalue weighted by Crippen LogP contribution is -2.52. The number of hydrogen-bond donors (Lipinski definition) is 1. The Morgan fingerprint density at radius 2 is 1.43 bits per heavy atom. The zero-order valence-electron chi connectivity index (χ0n) is 20.7. The summed E-state index contributed by atoms with van der Waals surface area (Å²) in [5.41, 5.74) is 6.11. The van der Waals surface area contributed by atoms with Crippen LogP contribution in [0.25, 0.3) is 12.2 Å². The van der Waals surface area contributed by atoms with Crippen LogP contribution in [-0.4, -0.2) is 35.6 Å². The van der Waals surface area contributed by atoms with Gasteiger partial charge in [0.2, 0.25) is 5.96 Å². The number of amides is 1. The molecule has 37 heavy (non-hydrogen) atoms. The third kappa shape index (κ3) is 7.66. The van der Waals surface area contributed by atoms with Crippen molar-refractivity contribution < 1.29 is 4.79 Å². The molecule has 0 bridgehead atoms. The van der Waals surface area contributed by atoms with Gasteiger partial charge in [-0.1, -0.05) is 91.7 Å². The number of carbonyl (C=O) groups is 1. The molecule has 0 unspecified atom stereocenters. The molecule has 1 heterocycles. The highest BCUT2D eigenvalue weighted by Crippen LogP contribution is 2.23. The van der Waals surface area contributed by atoms with E-state index in [0.29, 0.717) is 40.4 Å². The highest BCUT2D eigenvalue weighted by molar-refractivity contribution is 6.30. The van der Waals surface area contributed by atoms with Gasteiger partial charge in [-0.3, -0.25) is 14.7 Å². The van der Waals surface area contributed by atoms with Crippen LogP contribution >= 0.6 is 23.2 Å². The Hall–Kier alpha value is -3.67. The van der Waals surface area contributed by atoms with Crippen LogP contribution in [0.1, 0.15) is 35.3 Å². The molecule has 0 aromatic heterocycles. The highest BCUT2D eigenvalue weighted by atomic mass is 35.5. The summed E-state index contributed by atoms with van der Waals surface area (Å²) >= 11 is 12.0. The molecule has 0 radical (unpaired) electrons. The monoisotopic (exact) mass is 530 g/mol. The fourth-order valence-corrected chi connectivity index (χ4v) is 3.94. The van der Waals surface area contributed by atoms with Gasteiger partial charge in [-0.05, 0) is 59.7 Å². The molecule has 0 fully saturated rings. The fourth-order valence-electron chi connectivity index (χ4n) is 3.68. The first-order chi connectivity index (χ1) is 17.8. The van der Waals surface area contributed by atoms with Gasteiger partial charge in [-0.15, -0.1) is 0 Å². The van der Waals surface area contributed by atoms with Crippen LogP contribution in [0.3, 0.4) is 0 Å². The van der Waals surface area contributed by atoms with Crippen LogP contribution in [0, 0.1) is 5.41 Å². The average Bonchev–Trinajstić information content (AvgIpc) is 2.90. The van der Waals surface area contributed by atoms with Gasteiger partial charge in [-0.25, -0.2) is 5.43 Å². The van der Waals surface area contributed by atoms with Gasteiger partial charge < -0.3 is 0 Å². The van der Waals surface area contributed by atoms with E-state index in [2.05, 4.69) is 29.4 Å².